The number of carbonyl (C=O) groups excluding carboxylic acids is 1. The SMILES string of the molecule is Cc1[nH]ccc1C1C(=O)Nc2cc(CS(=O)[O-])ccc21. The first-order valence-electron chi connectivity index (χ1n) is 6.19. The minimum atomic E-state index is -2.13. The van der Waals surface area contributed by atoms with E-state index in [1.165, 1.54) is 0 Å². The lowest BCUT2D eigenvalue weighted by atomic mass is 9.92. The Kier molecular flexibility index (Phi) is 3.19. The molecule has 104 valence electrons. The summed E-state index contributed by atoms with van der Waals surface area (Å²) in [7, 11) is 0. The van der Waals surface area contributed by atoms with Gasteiger partial charge in [0.25, 0.3) is 0 Å². The Morgan fingerprint density at radius 2 is 2.10 bits per heavy atom. The van der Waals surface area contributed by atoms with Gasteiger partial charge in [-0.05, 0) is 35.7 Å². The number of carbonyl (C=O) groups is 1. The van der Waals surface area contributed by atoms with E-state index in [-0.39, 0.29) is 17.6 Å². The van der Waals surface area contributed by atoms with Gasteiger partial charge >= 0.3 is 0 Å². The number of aryl methyl sites for hydroxylation is 1. The van der Waals surface area contributed by atoms with Crippen LogP contribution in [-0.4, -0.2) is 19.7 Å². The van der Waals surface area contributed by atoms with Crippen molar-refractivity contribution in [2.75, 3.05) is 5.32 Å². The van der Waals surface area contributed by atoms with Crippen molar-refractivity contribution in [3.8, 4) is 0 Å². The van der Waals surface area contributed by atoms with Crippen molar-refractivity contribution in [1.82, 2.24) is 4.98 Å². The van der Waals surface area contributed by atoms with Crippen LogP contribution in [0.25, 0.3) is 0 Å². The summed E-state index contributed by atoms with van der Waals surface area (Å²) in [5, 5.41) is 2.82. The quantitative estimate of drug-likeness (QED) is 0.845. The molecule has 20 heavy (non-hydrogen) atoms. The number of hydrogen-bond donors (Lipinski definition) is 2. The normalized spacial score (nSPS) is 18.7. The second kappa shape index (κ2) is 4.88. The average Bonchev–Trinajstić information content (AvgIpc) is 2.90. The second-order valence-corrected chi connectivity index (χ2v) is 5.75. The van der Waals surface area contributed by atoms with Gasteiger partial charge in [0.05, 0.1) is 5.92 Å². The number of rotatable bonds is 3. The van der Waals surface area contributed by atoms with E-state index in [4.69, 9.17) is 0 Å². The molecule has 5 nitrogen and oxygen atoms in total. The van der Waals surface area contributed by atoms with E-state index in [0.717, 1.165) is 16.8 Å². The van der Waals surface area contributed by atoms with E-state index in [1.807, 2.05) is 25.3 Å². The van der Waals surface area contributed by atoms with Crippen LogP contribution >= 0.6 is 0 Å². The maximum absolute atomic E-state index is 12.2. The summed E-state index contributed by atoms with van der Waals surface area (Å²) < 4.78 is 21.5. The van der Waals surface area contributed by atoms with E-state index in [9.17, 15) is 13.6 Å². The Morgan fingerprint density at radius 1 is 1.30 bits per heavy atom. The summed E-state index contributed by atoms with van der Waals surface area (Å²) in [5.74, 6) is -0.456. The molecule has 1 aromatic heterocycles. The van der Waals surface area contributed by atoms with Crippen molar-refractivity contribution in [2.45, 2.75) is 18.6 Å². The number of aromatic amines is 1. The number of amides is 1. The molecule has 3 rings (SSSR count). The molecule has 0 saturated carbocycles. The summed E-state index contributed by atoms with van der Waals surface area (Å²) in [6.07, 6.45) is 1.81. The number of benzene rings is 1. The number of anilines is 1. The van der Waals surface area contributed by atoms with Crippen molar-refractivity contribution < 1.29 is 13.6 Å². The van der Waals surface area contributed by atoms with Gasteiger partial charge in [-0.2, -0.15) is 0 Å². The molecule has 1 aliphatic rings. The lowest BCUT2D eigenvalue weighted by Gasteiger charge is -2.10. The second-order valence-electron chi connectivity index (χ2n) is 4.85. The summed E-state index contributed by atoms with van der Waals surface area (Å²) in [6.45, 7) is 1.93. The number of H-pyrrole nitrogens is 1. The monoisotopic (exact) mass is 289 g/mol. The first-order valence-corrected chi connectivity index (χ1v) is 7.44. The van der Waals surface area contributed by atoms with Crippen LogP contribution in [0, 0.1) is 6.92 Å². The van der Waals surface area contributed by atoms with E-state index >= 15 is 0 Å². The molecule has 0 spiro atoms. The fourth-order valence-electron chi connectivity index (χ4n) is 2.62. The zero-order chi connectivity index (χ0) is 14.3. The minimum Gasteiger partial charge on any atom is -0.772 e. The zero-order valence-electron chi connectivity index (χ0n) is 10.8. The van der Waals surface area contributed by atoms with E-state index in [1.54, 1.807) is 12.1 Å². The molecule has 0 fully saturated rings. The first-order chi connectivity index (χ1) is 9.56. The number of aromatic nitrogens is 1. The van der Waals surface area contributed by atoms with Gasteiger partial charge in [-0.25, -0.2) is 0 Å². The number of hydrogen-bond acceptors (Lipinski definition) is 3. The largest absolute Gasteiger partial charge is 0.772 e. The lowest BCUT2D eigenvalue weighted by Crippen LogP contribution is -2.13. The van der Waals surface area contributed by atoms with E-state index < -0.39 is 11.1 Å². The van der Waals surface area contributed by atoms with Gasteiger partial charge in [0, 0.05) is 23.3 Å². The van der Waals surface area contributed by atoms with Gasteiger partial charge in [-0.15, -0.1) is 0 Å². The van der Waals surface area contributed by atoms with Crippen LogP contribution in [0.1, 0.15) is 28.3 Å². The van der Waals surface area contributed by atoms with Gasteiger partial charge in [0.2, 0.25) is 5.91 Å². The molecule has 2 atom stereocenters. The van der Waals surface area contributed by atoms with Gasteiger partial charge in [0.15, 0.2) is 0 Å². The molecule has 0 saturated heterocycles. The molecule has 1 amide bonds. The van der Waals surface area contributed by atoms with Crippen LogP contribution in [0.4, 0.5) is 5.69 Å². The first kappa shape index (κ1) is 13.1. The maximum atomic E-state index is 12.2. The average molecular weight is 289 g/mol. The Balaban J connectivity index is 2.01. The van der Waals surface area contributed by atoms with Crippen molar-refractivity contribution in [1.29, 1.82) is 0 Å². The van der Waals surface area contributed by atoms with Gasteiger partial charge < -0.3 is 14.9 Å². The van der Waals surface area contributed by atoms with Crippen LogP contribution in [0.3, 0.4) is 0 Å². The summed E-state index contributed by atoms with van der Waals surface area (Å²) in [4.78, 5) is 15.2. The highest BCUT2D eigenvalue weighted by molar-refractivity contribution is 7.78. The lowest BCUT2D eigenvalue weighted by molar-refractivity contribution is -0.116. The van der Waals surface area contributed by atoms with Crippen molar-refractivity contribution >= 4 is 22.7 Å². The molecule has 0 aliphatic carbocycles. The molecule has 1 aliphatic heterocycles. The molecule has 2 unspecified atom stereocenters. The summed E-state index contributed by atoms with van der Waals surface area (Å²) in [5.41, 5.74) is 4.16. The molecule has 0 radical (unpaired) electrons. The van der Waals surface area contributed by atoms with Crippen LogP contribution in [-0.2, 0) is 21.6 Å². The van der Waals surface area contributed by atoms with Crippen LogP contribution in [0.15, 0.2) is 30.5 Å². The molecule has 6 heteroatoms. The fourth-order valence-corrected chi connectivity index (χ4v) is 3.07. The summed E-state index contributed by atoms with van der Waals surface area (Å²) in [6, 6.07) is 7.21. The van der Waals surface area contributed by atoms with Crippen molar-refractivity contribution in [3.63, 3.8) is 0 Å². The predicted molar refractivity (Wildman–Crippen MR) is 75.1 cm³/mol. The number of fused-ring (bicyclic) bond motifs is 1. The third kappa shape index (κ3) is 2.17. The minimum absolute atomic E-state index is 0.0446. The smallest absolute Gasteiger partial charge is 0.236 e. The van der Waals surface area contributed by atoms with Gasteiger partial charge in [-0.1, -0.05) is 23.2 Å². The molecular formula is C14H13N2O3S-. The van der Waals surface area contributed by atoms with E-state index in [0.29, 0.717) is 11.3 Å². The van der Waals surface area contributed by atoms with Gasteiger partial charge in [0.1, 0.15) is 0 Å². The predicted octanol–water partition coefficient (Wildman–Crippen LogP) is 1.79. The van der Waals surface area contributed by atoms with E-state index in [2.05, 4.69) is 10.3 Å². The fraction of sp³-hybridized carbons (Fsp3) is 0.214. The Labute approximate surface area is 118 Å². The zero-order valence-corrected chi connectivity index (χ0v) is 11.6. The topological polar surface area (TPSA) is 85.0 Å². The molecular weight excluding hydrogens is 276 g/mol. The van der Waals surface area contributed by atoms with Crippen LogP contribution in [0.2, 0.25) is 0 Å². The standard InChI is InChI=1S/C14H14N2O3S/c1-8-10(4-5-15-8)13-11-3-2-9(7-20(18)19)6-12(11)16-14(13)17/h2-6,13,15H,7H2,1H3,(H,16,17)(H,18,19)/p-1. The molecule has 2 aromatic rings. The molecule has 2 N–H and O–H groups in total. The van der Waals surface area contributed by atoms with Gasteiger partial charge in [-0.3, -0.25) is 9.00 Å². The molecule has 0 bridgehead atoms. The number of nitrogens with one attached hydrogen (secondary N) is 2. The third-order valence-electron chi connectivity index (χ3n) is 3.54. The highest BCUT2D eigenvalue weighted by Gasteiger charge is 2.33. The highest BCUT2D eigenvalue weighted by Crippen LogP contribution is 2.38. The third-order valence-corrected chi connectivity index (χ3v) is 4.11. The Hall–Kier alpha value is -1.92. The highest BCUT2D eigenvalue weighted by atomic mass is 32.2. The Morgan fingerprint density at radius 3 is 2.75 bits per heavy atom. The molecule has 1 aromatic carbocycles. The van der Waals surface area contributed by atoms with Crippen LogP contribution in [0.5, 0.6) is 0 Å². The van der Waals surface area contributed by atoms with Crippen molar-refractivity contribution in [3.05, 3.63) is 52.8 Å². The maximum Gasteiger partial charge on any atom is 0.236 e. The summed E-state index contributed by atoms with van der Waals surface area (Å²) >= 11 is -2.13. The Bertz CT molecular complexity index is 708. The van der Waals surface area contributed by atoms with Crippen LogP contribution < -0.4 is 5.32 Å². The molecule has 2 heterocycles. The van der Waals surface area contributed by atoms with Crippen molar-refractivity contribution in [2.24, 2.45) is 0 Å².